The van der Waals surface area contributed by atoms with E-state index in [1.807, 2.05) is 0 Å². The number of sulfone groups is 1. The van der Waals surface area contributed by atoms with Gasteiger partial charge >= 0.3 is 12.0 Å². The van der Waals surface area contributed by atoms with Crippen LogP contribution in [0.1, 0.15) is 26.7 Å². The van der Waals surface area contributed by atoms with Gasteiger partial charge in [0.1, 0.15) is 0 Å². The molecule has 1 aliphatic heterocycles. The third-order valence-corrected chi connectivity index (χ3v) is 6.12. The van der Waals surface area contributed by atoms with Crippen molar-refractivity contribution in [2.24, 2.45) is 11.3 Å². The topological polar surface area (TPSA) is 104 Å². The number of rotatable bonds is 4. The maximum atomic E-state index is 12.2. The molecule has 2 rings (SSSR count). The lowest BCUT2D eigenvalue weighted by atomic mass is 10.1. The molecule has 0 spiro atoms. The predicted molar refractivity (Wildman–Crippen MR) is 76.7 cm³/mol. The van der Waals surface area contributed by atoms with Crippen LogP contribution in [-0.2, 0) is 14.6 Å². The zero-order valence-corrected chi connectivity index (χ0v) is 13.1. The third-order valence-electron chi connectivity index (χ3n) is 4.42. The molecular weight excluding hydrogens is 296 g/mol. The summed E-state index contributed by atoms with van der Waals surface area (Å²) in [6, 6.07) is -1.15. The highest BCUT2D eigenvalue weighted by Gasteiger charge is 2.45. The quantitative estimate of drug-likeness (QED) is 0.776. The van der Waals surface area contributed by atoms with Gasteiger partial charge in [0.15, 0.2) is 9.84 Å². The van der Waals surface area contributed by atoms with E-state index in [0.29, 0.717) is 12.5 Å². The van der Waals surface area contributed by atoms with E-state index in [0.717, 1.165) is 6.42 Å². The zero-order valence-electron chi connectivity index (χ0n) is 12.3. The molecule has 1 saturated heterocycles. The minimum absolute atomic E-state index is 0.0557. The number of carbonyl (C=O) groups excluding carboxylic acids is 1. The molecule has 120 valence electrons. The number of urea groups is 1. The lowest BCUT2D eigenvalue weighted by Crippen LogP contribution is -2.55. The molecule has 0 aromatic carbocycles. The van der Waals surface area contributed by atoms with Crippen LogP contribution in [0.3, 0.4) is 0 Å². The highest BCUT2D eigenvalue weighted by molar-refractivity contribution is 7.91. The zero-order chi connectivity index (χ0) is 15.8. The van der Waals surface area contributed by atoms with Gasteiger partial charge in [-0.1, -0.05) is 13.8 Å². The van der Waals surface area contributed by atoms with Crippen molar-refractivity contribution < 1.29 is 23.1 Å². The number of nitrogens with zero attached hydrogens (tertiary/aromatic N) is 1. The molecule has 0 aromatic heterocycles. The van der Waals surface area contributed by atoms with Crippen LogP contribution in [0.15, 0.2) is 0 Å². The van der Waals surface area contributed by atoms with Crippen molar-refractivity contribution in [3.8, 4) is 0 Å². The highest BCUT2D eigenvalue weighted by atomic mass is 32.2. The van der Waals surface area contributed by atoms with E-state index in [1.54, 1.807) is 0 Å². The minimum atomic E-state index is -3.27. The van der Waals surface area contributed by atoms with Gasteiger partial charge < -0.3 is 15.3 Å². The van der Waals surface area contributed by atoms with Crippen LogP contribution >= 0.6 is 0 Å². The van der Waals surface area contributed by atoms with Crippen LogP contribution in [-0.4, -0.2) is 61.1 Å². The van der Waals surface area contributed by atoms with Gasteiger partial charge in [-0.05, 0) is 17.8 Å². The van der Waals surface area contributed by atoms with Crippen LogP contribution in [0, 0.1) is 11.3 Å². The molecule has 8 heteroatoms. The van der Waals surface area contributed by atoms with Crippen LogP contribution < -0.4 is 5.32 Å². The first-order chi connectivity index (χ1) is 9.61. The van der Waals surface area contributed by atoms with Crippen molar-refractivity contribution in [3.05, 3.63) is 0 Å². The number of carboxylic acids is 1. The van der Waals surface area contributed by atoms with Gasteiger partial charge in [-0.25, -0.2) is 13.2 Å². The second-order valence-corrected chi connectivity index (χ2v) is 8.86. The van der Waals surface area contributed by atoms with Gasteiger partial charge in [-0.15, -0.1) is 0 Å². The van der Waals surface area contributed by atoms with E-state index in [-0.39, 0.29) is 35.9 Å². The third kappa shape index (κ3) is 4.09. The molecule has 7 nitrogen and oxygen atoms in total. The van der Waals surface area contributed by atoms with E-state index in [4.69, 9.17) is 5.11 Å². The number of aliphatic carboxylic acids is 1. The molecule has 1 saturated carbocycles. The summed E-state index contributed by atoms with van der Waals surface area (Å²) in [5, 5.41) is 11.7. The van der Waals surface area contributed by atoms with Crippen molar-refractivity contribution in [2.75, 3.05) is 24.6 Å². The monoisotopic (exact) mass is 318 g/mol. The van der Waals surface area contributed by atoms with Crippen molar-refractivity contribution >= 4 is 21.8 Å². The summed E-state index contributed by atoms with van der Waals surface area (Å²) in [5.74, 6) is -1.04. The average Bonchev–Trinajstić information content (AvgIpc) is 2.92. The summed E-state index contributed by atoms with van der Waals surface area (Å²) in [7, 11) is -3.27. The van der Waals surface area contributed by atoms with Gasteiger partial charge in [-0.3, -0.25) is 4.79 Å². The summed E-state index contributed by atoms with van der Waals surface area (Å²) >= 11 is 0. The number of carboxylic acid groups (broad SMARTS) is 1. The maximum absolute atomic E-state index is 12.2. The van der Waals surface area contributed by atoms with Gasteiger partial charge in [0.05, 0.1) is 24.0 Å². The van der Waals surface area contributed by atoms with Gasteiger partial charge in [0.25, 0.3) is 0 Å². The number of nitrogens with one attached hydrogen (secondary N) is 1. The highest BCUT2D eigenvalue weighted by Crippen LogP contribution is 2.50. The number of hydrogen-bond acceptors (Lipinski definition) is 4. The molecule has 2 unspecified atom stereocenters. The van der Waals surface area contributed by atoms with Gasteiger partial charge in [0, 0.05) is 13.1 Å². The standard InChI is InChI=1S/C13H22N2O5S/c1-13(2)6-9(13)7-14-12(18)15-3-4-21(19,20)8-10(15)5-11(16)17/h9-10H,3-8H2,1-2H3,(H,14,18)(H,16,17). The molecule has 0 aromatic rings. The summed E-state index contributed by atoms with van der Waals surface area (Å²) in [5.41, 5.74) is 0.249. The summed E-state index contributed by atoms with van der Waals surface area (Å²) < 4.78 is 23.2. The molecule has 2 fully saturated rings. The Kier molecular flexibility index (Phi) is 4.19. The van der Waals surface area contributed by atoms with E-state index in [1.165, 1.54) is 4.90 Å². The Morgan fingerprint density at radius 2 is 2.00 bits per heavy atom. The Hall–Kier alpha value is -1.31. The first-order valence-electron chi connectivity index (χ1n) is 7.07. The van der Waals surface area contributed by atoms with E-state index in [2.05, 4.69) is 19.2 Å². The molecule has 0 radical (unpaired) electrons. The van der Waals surface area contributed by atoms with Gasteiger partial charge in [0.2, 0.25) is 0 Å². The van der Waals surface area contributed by atoms with E-state index in [9.17, 15) is 18.0 Å². The molecule has 1 aliphatic carbocycles. The van der Waals surface area contributed by atoms with Crippen molar-refractivity contribution in [1.82, 2.24) is 10.2 Å². The molecule has 2 amide bonds. The van der Waals surface area contributed by atoms with Crippen molar-refractivity contribution in [2.45, 2.75) is 32.7 Å². The van der Waals surface area contributed by atoms with Crippen LogP contribution in [0.5, 0.6) is 0 Å². The Labute approximate surface area is 124 Å². The number of carbonyl (C=O) groups is 2. The molecule has 0 bridgehead atoms. The second kappa shape index (κ2) is 5.47. The van der Waals surface area contributed by atoms with Crippen LogP contribution in [0.4, 0.5) is 4.79 Å². The molecule has 2 aliphatic rings. The van der Waals surface area contributed by atoms with Crippen LogP contribution in [0.25, 0.3) is 0 Å². The normalized spacial score (nSPS) is 29.7. The molecular formula is C13H22N2O5S. The smallest absolute Gasteiger partial charge is 0.317 e. The second-order valence-electron chi connectivity index (χ2n) is 6.64. The molecule has 2 atom stereocenters. The lowest BCUT2D eigenvalue weighted by molar-refractivity contribution is -0.138. The first kappa shape index (κ1) is 16.1. The molecule has 2 N–H and O–H groups in total. The fourth-order valence-electron chi connectivity index (χ4n) is 2.76. The maximum Gasteiger partial charge on any atom is 0.317 e. The van der Waals surface area contributed by atoms with Gasteiger partial charge in [-0.2, -0.15) is 0 Å². The Balaban J connectivity index is 1.95. The molecule has 1 heterocycles. The summed E-state index contributed by atoms with van der Waals surface area (Å²) in [6.07, 6.45) is 0.710. The summed E-state index contributed by atoms with van der Waals surface area (Å²) in [6.45, 7) is 4.87. The van der Waals surface area contributed by atoms with Crippen molar-refractivity contribution in [3.63, 3.8) is 0 Å². The largest absolute Gasteiger partial charge is 0.481 e. The number of hydrogen-bond donors (Lipinski definition) is 2. The SMILES string of the molecule is CC1(C)CC1CNC(=O)N1CCS(=O)(=O)CC1CC(=O)O. The van der Waals surface area contributed by atoms with E-state index < -0.39 is 21.8 Å². The Morgan fingerprint density at radius 1 is 1.38 bits per heavy atom. The van der Waals surface area contributed by atoms with E-state index >= 15 is 0 Å². The lowest BCUT2D eigenvalue weighted by Gasteiger charge is -2.34. The average molecular weight is 318 g/mol. The fraction of sp³-hybridized carbons (Fsp3) is 0.846. The Morgan fingerprint density at radius 3 is 2.52 bits per heavy atom. The first-order valence-corrected chi connectivity index (χ1v) is 8.89. The van der Waals surface area contributed by atoms with Crippen molar-refractivity contribution in [1.29, 1.82) is 0 Å². The Bertz CT molecular complexity index is 543. The summed E-state index contributed by atoms with van der Waals surface area (Å²) in [4.78, 5) is 24.4. The van der Waals surface area contributed by atoms with Crippen LogP contribution in [0.2, 0.25) is 0 Å². The number of amides is 2. The minimum Gasteiger partial charge on any atom is -0.481 e. The predicted octanol–water partition coefficient (Wildman–Crippen LogP) is 0.316. The molecule has 21 heavy (non-hydrogen) atoms. The fourth-order valence-corrected chi connectivity index (χ4v) is 4.29.